The minimum absolute atomic E-state index is 0.231. The van der Waals surface area contributed by atoms with Crippen molar-refractivity contribution in [3.05, 3.63) is 11.1 Å². The lowest BCUT2D eigenvalue weighted by atomic mass is 9.88. The Kier molecular flexibility index (Phi) is 3.65. The van der Waals surface area contributed by atoms with Gasteiger partial charge in [-0.05, 0) is 20.8 Å². The molecule has 7 nitrogen and oxygen atoms in total. The van der Waals surface area contributed by atoms with Gasteiger partial charge in [0.2, 0.25) is 5.79 Å². The molecule has 0 spiro atoms. The zero-order valence-electron chi connectivity index (χ0n) is 10.7. The summed E-state index contributed by atoms with van der Waals surface area (Å²) in [5.41, 5.74) is -1.15. The summed E-state index contributed by atoms with van der Waals surface area (Å²) in [6, 6.07) is 0. The zero-order chi connectivity index (χ0) is 15.1. The molecule has 106 valence electrons. The summed E-state index contributed by atoms with van der Waals surface area (Å²) in [6.45, 7) is 3.46. The average molecular weight is 272 g/mol. The van der Waals surface area contributed by atoms with E-state index in [-0.39, 0.29) is 5.56 Å². The standard InChI is InChI=1S/C12H16O7/c1-4-8(14)10(16)7(11(17)9(4)15)12(18,19)5(2)6(3)13/h5,14-19H,1-3H3. The van der Waals surface area contributed by atoms with Crippen LogP contribution in [-0.4, -0.2) is 36.4 Å². The Labute approximate surface area is 109 Å². The van der Waals surface area contributed by atoms with Crippen LogP contribution >= 0.6 is 0 Å². The van der Waals surface area contributed by atoms with E-state index in [4.69, 9.17) is 0 Å². The second-order valence-corrected chi connectivity index (χ2v) is 4.45. The molecule has 0 heterocycles. The summed E-state index contributed by atoms with van der Waals surface area (Å²) >= 11 is 0. The summed E-state index contributed by atoms with van der Waals surface area (Å²) in [5, 5.41) is 58.3. The van der Waals surface area contributed by atoms with Crippen molar-refractivity contribution in [3.63, 3.8) is 0 Å². The number of hydrogen-bond donors (Lipinski definition) is 6. The lowest BCUT2D eigenvalue weighted by Crippen LogP contribution is -2.37. The van der Waals surface area contributed by atoms with Crippen molar-refractivity contribution in [2.75, 3.05) is 0 Å². The van der Waals surface area contributed by atoms with E-state index < -0.39 is 46.0 Å². The minimum atomic E-state index is -2.94. The van der Waals surface area contributed by atoms with Crippen molar-refractivity contribution in [2.24, 2.45) is 5.92 Å². The Morgan fingerprint density at radius 2 is 1.37 bits per heavy atom. The Balaban J connectivity index is 3.64. The van der Waals surface area contributed by atoms with Gasteiger partial charge in [0.15, 0.2) is 23.0 Å². The fourth-order valence-electron chi connectivity index (χ4n) is 1.66. The largest absolute Gasteiger partial charge is 0.504 e. The summed E-state index contributed by atoms with van der Waals surface area (Å²) < 4.78 is 0. The quantitative estimate of drug-likeness (QED) is 0.262. The second-order valence-electron chi connectivity index (χ2n) is 4.45. The van der Waals surface area contributed by atoms with Crippen LogP contribution in [0.3, 0.4) is 0 Å². The van der Waals surface area contributed by atoms with Crippen molar-refractivity contribution in [1.29, 1.82) is 0 Å². The van der Waals surface area contributed by atoms with Gasteiger partial charge in [0.1, 0.15) is 11.3 Å². The Morgan fingerprint density at radius 1 is 1.00 bits per heavy atom. The van der Waals surface area contributed by atoms with Crippen LogP contribution in [0.5, 0.6) is 23.0 Å². The molecule has 0 radical (unpaired) electrons. The van der Waals surface area contributed by atoms with Crippen molar-refractivity contribution >= 4 is 5.78 Å². The molecule has 1 atom stereocenters. The van der Waals surface area contributed by atoms with Crippen LogP contribution in [0.1, 0.15) is 25.0 Å². The van der Waals surface area contributed by atoms with Gasteiger partial charge in [-0.15, -0.1) is 0 Å². The Morgan fingerprint density at radius 3 is 1.68 bits per heavy atom. The number of phenolic OH excluding ortho intramolecular Hbond substituents is 4. The first kappa shape index (κ1) is 15.1. The molecule has 1 aromatic rings. The molecule has 0 saturated heterocycles. The summed E-state index contributed by atoms with van der Waals surface area (Å²) in [6.07, 6.45) is 0. The average Bonchev–Trinajstić information content (AvgIpc) is 2.32. The van der Waals surface area contributed by atoms with Crippen LogP contribution in [0.15, 0.2) is 0 Å². The second kappa shape index (κ2) is 4.60. The third-order valence-electron chi connectivity index (χ3n) is 3.21. The number of rotatable bonds is 3. The Bertz CT molecular complexity index is 504. The Hall–Kier alpha value is -1.99. The predicted molar refractivity (Wildman–Crippen MR) is 63.8 cm³/mol. The SMILES string of the molecule is CC(=O)C(C)C(O)(O)c1c(O)c(O)c(C)c(O)c1O. The lowest BCUT2D eigenvalue weighted by molar-refractivity contribution is -0.206. The summed E-state index contributed by atoms with van der Waals surface area (Å²) in [5.74, 6) is -8.60. The molecule has 0 aromatic heterocycles. The number of carbonyl (C=O) groups excluding carboxylic acids is 1. The van der Waals surface area contributed by atoms with Gasteiger partial charge in [-0.25, -0.2) is 0 Å². The fraction of sp³-hybridized carbons (Fsp3) is 0.417. The zero-order valence-corrected chi connectivity index (χ0v) is 10.7. The lowest BCUT2D eigenvalue weighted by Gasteiger charge is -2.29. The molecule has 1 aromatic carbocycles. The molecule has 0 bridgehead atoms. The first-order valence-electron chi connectivity index (χ1n) is 5.45. The van der Waals surface area contributed by atoms with Crippen molar-refractivity contribution in [2.45, 2.75) is 26.6 Å². The van der Waals surface area contributed by atoms with E-state index in [2.05, 4.69) is 0 Å². The van der Waals surface area contributed by atoms with Gasteiger partial charge in [0, 0.05) is 5.56 Å². The van der Waals surface area contributed by atoms with Gasteiger partial charge in [0.25, 0.3) is 0 Å². The number of aromatic hydroxyl groups is 4. The molecule has 19 heavy (non-hydrogen) atoms. The molecule has 0 aliphatic rings. The molecular weight excluding hydrogens is 256 g/mol. The maximum absolute atomic E-state index is 11.2. The van der Waals surface area contributed by atoms with Crippen LogP contribution in [0.25, 0.3) is 0 Å². The third-order valence-corrected chi connectivity index (χ3v) is 3.21. The molecule has 0 saturated carbocycles. The maximum Gasteiger partial charge on any atom is 0.207 e. The van der Waals surface area contributed by atoms with Crippen LogP contribution in [0.4, 0.5) is 0 Å². The van der Waals surface area contributed by atoms with Gasteiger partial charge in [-0.3, -0.25) is 4.79 Å². The van der Waals surface area contributed by atoms with E-state index in [1.807, 2.05) is 0 Å². The maximum atomic E-state index is 11.2. The van der Waals surface area contributed by atoms with Crippen molar-refractivity contribution < 1.29 is 35.4 Å². The molecule has 1 rings (SSSR count). The van der Waals surface area contributed by atoms with Crippen LogP contribution < -0.4 is 0 Å². The molecule has 6 N–H and O–H groups in total. The molecular formula is C12H16O7. The van der Waals surface area contributed by atoms with Crippen LogP contribution in [0, 0.1) is 12.8 Å². The highest BCUT2D eigenvalue weighted by atomic mass is 16.5. The van der Waals surface area contributed by atoms with E-state index in [9.17, 15) is 35.4 Å². The number of ketones is 1. The number of benzene rings is 1. The molecule has 0 aliphatic carbocycles. The van der Waals surface area contributed by atoms with Crippen LogP contribution in [0.2, 0.25) is 0 Å². The van der Waals surface area contributed by atoms with Gasteiger partial charge < -0.3 is 30.6 Å². The summed E-state index contributed by atoms with van der Waals surface area (Å²) in [7, 11) is 0. The van der Waals surface area contributed by atoms with Crippen molar-refractivity contribution in [1.82, 2.24) is 0 Å². The van der Waals surface area contributed by atoms with E-state index >= 15 is 0 Å². The van der Waals surface area contributed by atoms with E-state index in [0.29, 0.717) is 0 Å². The van der Waals surface area contributed by atoms with E-state index in [0.717, 1.165) is 13.8 Å². The number of Topliss-reactive ketones (excluding diaryl/α,β-unsaturated/α-hetero) is 1. The first-order valence-corrected chi connectivity index (χ1v) is 5.45. The van der Waals surface area contributed by atoms with Crippen LogP contribution in [-0.2, 0) is 10.6 Å². The van der Waals surface area contributed by atoms with Gasteiger partial charge in [-0.2, -0.15) is 0 Å². The number of hydrogen-bond acceptors (Lipinski definition) is 7. The number of carbonyl (C=O) groups is 1. The van der Waals surface area contributed by atoms with Gasteiger partial charge >= 0.3 is 0 Å². The topological polar surface area (TPSA) is 138 Å². The van der Waals surface area contributed by atoms with Gasteiger partial charge in [0.05, 0.1) is 5.92 Å². The highest BCUT2D eigenvalue weighted by Gasteiger charge is 2.43. The molecule has 7 heteroatoms. The predicted octanol–water partition coefficient (Wildman–Crippen LogP) is 0.180. The molecule has 1 unspecified atom stereocenters. The van der Waals surface area contributed by atoms with E-state index in [1.54, 1.807) is 0 Å². The highest BCUT2D eigenvalue weighted by molar-refractivity contribution is 5.80. The fourth-order valence-corrected chi connectivity index (χ4v) is 1.66. The monoisotopic (exact) mass is 272 g/mol. The number of aliphatic hydroxyl groups is 2. The highest BCUT2D eigenvalue weighted by Crippen LogP contribution is 2.50. The smallest absolute Gasteiger partial charge is 0.207 e. The molecule has 0 fully saturated rings. The number of phenols is 4. The summed E-state index contributed by atoms with van der Waals surface area (Å²) in [4.78, 5) is 11.2. The van der Waals surface area contributed by atoms with Gasteiger partial charge in [-0.1, -0.05) is 0 Å². The molecule has 0 amide bonds. The van der Waals surface area contributed by atoms with E-state index in [1.165, 1.54) is 6.92 Å². The van der Waals surface area contributed by atoms with Crippen molar-refractivity contribution in [3.8, 4) is 23.0 Å². The minimum Gasteiger partial charge on any atom is -0.504 e. The normalized spacial score (nSPS) is 13.3. The molecule has 0 aliphatic heterocycles. The third kappa shape index (κ3) is 2.18. The first-order chi connectivity index (χ1) is 8.53.